The summed E-state index contributed by atoms with van der Waals surface area (Å²) in [5, 5.41) is 0.621. The first-order valence-corrected chi connectivity index (χ1v) is 4.44. The molecule has 0 saturated carbocycles. The normalized spacial score (nSPS) is 11.0. The largest absolute Gasteiger partial charge is 0.325 e. The van der Waals surface area contributed by atoms with Crippen LogP contribution in [0.5, 0.6) is 0 Å². The first-order chi connectivity index (χ1) is 6.24. The summed E-state index contributed by atoms with van der Waals surface area (Å²) in [5.74, 6) is 0. The molecular weight excluding hydrogens is 186 g/mol. The predicted molar refractivity (Wildman–Crippen MR) is 52.8 cm³/mol. The summed E-state index contributed by atoms with van der Waals surface area (Å²) in [7, 11) is 0. The quantitative estimate of drug-likeness (QED) is 0.754. The van der Waals surface area contributed by atoms with Crippen LogP contribution < -0.4 is 5.73 Å². The number of imidazole rings is 1. The molecule has 68 valence electrons. The fraction of sp³-hybridized carbons (Fsp3) is 0.222. The first kappa shape index (κ1) is 8.53. The number of pyridine rings is 1. The van der Waals surface area contributed by atoms with E-state index in [2.05, 4.69) is 4.98 Å². The lowest BCUT2D eigenvalue weighted by Gasteiger charge is -1.99. The first-order valence-electron chi connectivity index (χ1n) is 4.06. The fourth-order valence-corrected chi connectivity index (χ4v) is 1.73. The molecule has 0 unspecified atom stereocenters. The van der Waals surface area contributed by atoms with E-state index in [1.807, 2.05) is 29.5 Å². The van der Waals surface area contributed by atoms with Crippen molar-refractivity contribution in [3.8, 4) is 0 Å². The maximum absolute atomic E-state index is 6.08. The number of hydrogen-bond acceptors (Lipinski definition) is 2. The van der Waals surface area contributed by atoms with Crippen molar-refractivity contribution < 1.29 is 0 Å². The van der Waals surface area contributed by atoms with Gasteiger partial charge in [-0.15, -0.1) is 0 Å². The summed E-state index contributed by atoms with van der Waals surface area (Å²) in [6, 6.07) is 5.85. The smallest absolute Gasteiger partial charge is 0.138 e. The maximum Gasteiger partial charge on any atom is 0.138 e. The fourth-order valence-electron chi connectivity index (χ4n) is 1.39. The van der Waals surface area contributed by atoms with Gasteiger partial charge in [-0.25, -0.2) is 4.98 Å². The molecule has 2 aromatic rings. The van der Waals surface area contributed by atoms with Gasteiger partial charge in [0.25, 0.3) is 0 Å². The molecule has 0 atom stereocenters. The van der Waals surface area contributed by atoms with Gasteiger partial charge >= 0.3 is 0 Å². The molecule has 0 aliphatic heterocycles. The van der Waals surface area contributed by atoms with Crippen molar-refractivity contribution in [1.29, 1.82) is 0 Å². The Bertz CT molecular complexity index is 447. The Kier molecular flexibility index (Phi) is 1.98. The predicted octanol–water partition coefficient (Wildman–Crippen LogP) is 1.75. The van der Waals surface area contributed by atoms with Gasteiger partial charge in [0, 0.05) is 12.2 Å². The van der Waals surface area contributed by atoms with Gasteiger partial charge in [0.1, 0.15) is 10.8 Å². The molecule has 2 rings (SSSR count). The van der Waals surface area contributed by atoms with Gasteiger partial charge in [0.2, 0.25) is 0 Å². The SMILES string of the molecule is Cc1cccc2nc(CN)c(Cl)n12. The number of aromatic nitrogens is 2. The minimum Gasteiger partial charge on any atom is -0.325 e. The maximum atomic E-state index is 6.08. The second-order valence-corrected chi connectivity index (χ2v) is 3.27. The third kappa shape index (κ3) is 1.20. The van der Waals surface area contributed by atoms with Crippen molar-refractivity contribution in [2.24, 2.45) is 5.73 Å². The van der Waals surface area contributed by atoms with Crippen molar-refractivity contribution in [3.63, 3.8) is 0 Å². The second kappa shape index (κ2) is 3.01. The highest BCUT2D eigenvalue weighted by molar-refractivity contribution is 6.30. The lowest BCUT2D eigenvalue weighted by atomic mass is 10.4. The number of aryl methyl sites for hydroxylation is 1. The summed E-state index contributed by atoms with van der Waals surface area (Å²) in [4.78, 5) is 4.30. The topological polar surface area (TPSA) is 43.3 Å². The molecule has 0 aromatic carbocycles. The van der Waals surface area contributed by atoms with Gasteiger partial charge in [0.15, 0.2) is 0 Å². The molecule has 3 nitrogen and oxygen atoms in total. The van der Waals surface area contributed by atoms with Crippen molar-refractivity contribution >= 4 is 17.2 Å². The summed E-state index contributed by atoms with van der Waals surface area (Å²) >= 11 is 6.08. The van der Waals surface area contributed by atoms with E-state index < -0.39 is 0 Å². The van der Waals surface area contributed by atoms with Crippen LogP contribution in [0.1, 0.15) is 11.4 Å². The molecule has 0 radical (unpaired) electrons. The Hall–Kier alpha value is -1.06. The van der Waals surface area contributed by atoms with Crippen molar-refractivity contribution in [3.05, 3.63) is 34.7 Å². The molecular formula is C9H10ClN3. The van der Waals surface area contributed by atoms with E-state index in [4.69, 9.17) is 17.3 Å². The number of halogens is 1. The van der Waals surface area contributed by atoms with Crippen LogP contribution in [0.2, 0.25) is 5.15 Å². The molecule has 0 spiro atoms. The molecule has 2 N–H and O–H groups in total. The highest BCUT2D eigenvalue weighted by atomic mass is 35.5. The van der Waals surface area contributed by atoms with Crippen molar-refractivity contribution in [2.75, 3.05) is 0 Å². The molecule has 0 aliphatic carbocycles. The summed E-state index contributed by atoms with van der Waals surface area (Å²) in [5.41, 5.74) is 8.17. The number of nitrogens with zero attached hydrogens (tertiary/aromatic N) is 2. The van der Waals surface area contributed by atoms with Crippen LogP contribution in [0.4, 0.5) is 0 Å². The number of nitrogens with two attached hydrogens (primary N) is 1. The van der Waals surface area contributed by atoms with Gasteiger partial charge in [-0.05, 0) is 19.1 Å². The van der Waals surface area contributed by atoms with Crippen LogP contribution in [-0.2, 0) is 6.54 Å². The molecule has 0 amide bonds. The van der Waals surface area contributed by atoms with E-state index in [1.165, 1.54) is 0 Å². The number of hydrogen-bond donors (Lipinski definition) is 1. The minimum atomic E-state index is 0.375. The molecule has 0 bridgehead atoms. The van der Waals surface area contributed by atoms with Crippen LogP contribution in [0.25, 0.3) is 5.65 Å². The van der Waals surface area contributed by atoms with E-state index >= 15 is 0 Å². The molecule has 0 fully saturated rings. The molecule has 2 aromatic heterocycles. The summed E-state index contributed by atoms with van der Waals surface area (Å²) < 4.78 is 1.89. The minimum absolute atomic E-state index is 0.375. The lowest BCUT2D eigenvalue weighted by molar-refractivity contribution is 1.01. The van der Waals surface area contributed by atoms with Gasteiger partial charge in [0.05, 0.1) is 5.69 Å². The molecule has 0 aliphatic rings. The Morgan fingerprint density at radius 1 is 1.54 bits per heavy atom. The second-order valence-electron chi connectivity index (χ2n) is 2.91. The van der Waals surface area contributed by atoms with Crippen LogP contribution in [0.3, 0.4) is 0 Å². The van der Waals surface area contributed by atoms with Gasteiger partial charge in [-0.2, -0.15) is 0 Å². The zero-order chi connectivity index (χ0) is 9.42. The van der Waals surface area contributed by atoms with E-state index in [0.29, 0.717) is 11.7 Å². The third-order valence-corrected chi connectivity index (χ3v) is 2.43. The highest BCUT2D eigenvalue weighted by Gasteiger charge is 2.08. The summed E-state index contributed by atoms with van der Waals surface area (Å²) in [6.07, 6.45) is 0. The van der Waals surface area contributed by atoms with Crippen LogP contribution in [0.15, 0.2) is 18.2 Å². The van der Waals surface area contributed by atoms with Crippen LogP contribution in [0, 0.1) is 6.92 Å². The Balaban J connectivity index is 2.85. The Labute approximate surface area is 81.1 Å². The monoisotopic (exact) mass is 195 g/mol. The molecule has 0 saturated heterocycles. The average Bonchev–Trinajstić information content (AvgIpc) is 2.44. The third-order valence-electron chi connectivity index (χ3n) is 2.04. The lowest BCUT2D eigenvalue weighted by Crippen LogP contribution is -1.97. The number of fused-ring (bicyclic) bond motifs is 1. The summed E-state index contributed by atoms with van der Waals surface area (Å²) in [6.45, 7) is 2.36. The zero-order valence-corrected chi connectivity index (χ0v) is 8.04. The Morgan fingerprint density at radius 3 is 2.92 bits per heavy atom. The highest BCUT2D eigenvalue weighted by Crippen LogP contribution is 2.19. The zero-order valence-electron chi connectivity index (χ0n) is 7.29. The molecule has 2 heterocycles. The van der Waals surface area contributed by atoms with Crippen LogP contribution in [-0.4, -0.2) is 9.38 Å². The van der Waals surface area contributed by atoms with Gasteiger partial charge in [-0.3, -0.25) is 4.40 Å². The number of rotatable bonds is 1. The van der Waals surface area contributed by atoms with E-state index in [9.17, 15) is 0 Å². The molecule has 4 heteroatoms. The van der Waals surface area contributed by atoms with Crippen LogP contribution >= 0.6 is 11.6 Å². The molecule has 13 heavy (non-hydrogen) atoms. The average molecular weight is 196 g/mol. The van der Waals surface area contributed by atoms with E-state index in [0.717, 1.165) is 17.0 Å². The van der Waals surface area contributed by atoms with Crippen molar-refractivity contribution in [2.45, 2.75) is 13.5 Å². The Morgan fingerprint density at radius 2 is 2.31 bits per heavy atom. The van der Waals surface area contributed by atoms with Crippen molar-refractivity contribution in [1.82, 2.24) is 9.38 Å². The van der Waals surface area contributed by atoms with Gasteiger partial charge in [-0.1, -0.05) is 17.7 Å². The van der Waals surface area contributed by atoms with Gasteiger partial charge < -0.3 is 5.73 Å². The van der Waals surface area contributed by atoms with E-state index in [1.54, 1.807) is 0 Å². The van der Waals surface area contributed by atoms with E-state index in [-0.39, 0.29) is 0 Å². The standard InChI is InChI=1S/C9H10ClN3/c1-6-3-2-4-8-12-7(5-11)9(10)13(6)8/h2-4H,5,11H2,1H3.